The topological polar surface area (TPSA) is 52.5 Å². The maximum Gasteiger partial charge on any atom is 0.0895 e. The molecule has 4 heteroatoms. The van der Waals surface area contributed by atoms with E-state index in [0.717, 1.165) is 10.0 Å². The van der Waals surface area contributed by atoms with Crippen molar-refractivity contribution in [1.29, 1.82) is 0 Å². The lowest BCUT2D eigenvalue weighted by atomic mass is 10.1. The van der Waals surface area contributed by atoms with Crippen LogP contribution in [0.5, 0.6) is 0 Å². The second-order valence-electron chi connectivity index (χ2n) is 3.52. The van der Waals surface area contributed by atoms with Crippen LogP contribution in [0.1, 0.15) is 18.5 Å². The average molecular weight is 274 g/mol. The summed E-state index contributed by atoms with van der Waals surface area (Å²) < 4.78 is 1.05. The minimum Gasteiger partial charge on any atom is -0.394 e. The Hall–Kier alpha value is -0.420. The van der Waals surface area contributed by atoms with E-state index in [9.17, 15) is 5.11 Å². The maximum atomic E-state index is 9.18. The van der Waals surface area contributed by atoms with Crippen LogP contribution in [-0.4, -0.2) is 29.5 Å². The van der Waals surface area contributed by atoms with Crippen molar-refractivity contribution in [2.45, 2.75) is 19.1 Å². The summed E-state index contributed by atoms with van der Waals surface area (Å²) in [4.78, 5) is 0. The van der Waals surface area contributed by atoms with Gasteiger partial charge < -0.3 is 15.5 Å². The smallest absolute Gasteiger partial charge is 0.0895 e. The maximum absolute atomic E-state index is 9.18. The van der Waals surface area contributed by atoms with E-state index < -0.39 is 6.10 Å². The highest BCUT2D eigenvalue weighted by Gasteiger charge is 2.07. The highest BCUT2D eigenvalue weighted by molar-refractivity contribution is 9.10. The van der Waals surface area contributed by atoms with Crippen LogP contribution < -0.4 is 5.32 Å². The van der Waals surface area contributed by atoms with Gasteiger partial charge in [0.1, 0.15) is 0 Å². The Morgan fingerprint density at radius 2 is 1.93 bits per heavy atom. The number of nitrogens with one attached hydrogen (secondary N) is 1. The highest BCUT2D eigenvalue weighted by atomic mass is 79.9. The second kappa shape index (κ2) is 6.23. The normalized spacial score (nSPS) is 14.9. The fraction of sp³-hybridized carbons (Fsp3) is 0.455. The van der Waals surface area contributed by atoms with Gasteiger partial charge in [0.05, 0.1) is 12.7 Å². The molecule has 0 bridgehead atoms. The zero-order valence-corrected chi connectivity index (χ0v) is 10.2. The van der Waals surface area contributed by atoms with Crippen LogP contribution in [-0.2, 0) is 0 Å². The Labute approximate surface area is 98.3 Å². The molecule has 2 atom stereocenters. The van der Waals surface area contributed by atoms with Gasteiger partial charge in [-0.05, 0) is 24.6 Å². The van der Waals surface area contributed by atoms with Crippen LogP contribution in [0.2, 0.25) is 0 Å². The molecule has 3 nitrogen and oxygen atoms in total. The first-order valence-electron chi connectivity index (χ1n) is 4.91. The van der Waals surface area contributed by atoms with E-state index in [1.165, 1.54) is 0 Å². The van der Waals surface area contributed by atoms with E-state index in [-0.39, 0.29) is 12.6 Å². The van der Waals surface area contributed by atoms with Gasteiger partial charge in [-0.3, -0.25) is 0 Å². The third kappa shape index (κ3) is 4.30. The van der Waals surface area contributed by atoms with Crippen molar-refractivity contribution in [3.8, 4) is 0 Å². The lowest BCUT2D eigenvalue weighted by Crippen LogP contribution is -2.31. The fourth-order valence-electron chi connectivity index (χ4n) is 1.25. The van der Waals surface area contributed by atoms with Crippen LogP contribution in [0, 0.1) is 0 Å². The highest BCUT2D eigenvalue weighted by Crippen LogP contribution is 2.16. The van der Waals surface area contributed by atoms with Crippen molar-refractivity contribution >= 4 is 15.9 Å². The summed E-state index contributed by atoms with van der Waals surface area (Å²) in [7, 11) is 0. The van der Waals surface area contributed by atoms with Crippen LogP contribution in [0.25, 0.3) is 0 Å². The van der Waals surface area contributed by atoms with E-state index >= 15 is 0 Å². The Morgan fingerprint density at radius 1 is 1.33 bits per heavy atom. The van der Waals surface area contributed by atoms with Gasteiger partial charge in [-0.15, -0.1) is 0 Å². The predicted molar refractivity (Wildman–Crippen MR) is 63.7 cm³/mol. The first-order valence-corrected chi connectivity index (χ1v) is 5.70. The predicted octanol–water partition coefficient (Wildman–Crippen LogP) is 1.45. The SMILES string of the molecule is C[C@H](NC[C@H](O)CO)c1ccc(Br)cc1. The first-order chi connectivity index (χ1) is 7.13. The van der Waals surface area contributed by atoms with Crippen LogP contribution in [0.15, 0.2) is 28.7 Å². The van der Waals surface area contributed by atoms with Crippen LogP contribution in [0.3, 0.4) is 0 Å². The largest absolute Gasteiger partial charge is 0.394 e. The van der Waals surface area contributed by atoms with Crippen molar-refractivity contribution in [3.63, 3.8) is 0 Å². The van der Waals surface area contributed by atoms with Gasteiger partial charge in [-0.2, -0.15) is 0 Å². The summed E-state index contributed by atoms with van der Waals surface area (Å²) in [6, 6.07) is 8.17. The number of halogens is 1. The minimum absolute atomic E-state index is 0.166. The Kier molecular flexibility index (Phi) is 5.25. The Morgan fingerprint density at radius 3 is 2.47 bits per heavy atom. The summed E-state index contributed by atoms with van der Waals surface area (Å²) in [5, 5.41) is 21.0. The minimum atomic E-state index is -0.692. The molecular weight excluding hydrogens is 258 g/mol. The molecule has 0 spiro atoms. The van der Waals surface area contributed by atoms with E-state index in [1.807, 2.05) is 31.2 Å². The summed E-state index contributed by atoms with van der Waals surface area (Å²) >= 11 is 3.37. The van der Waals surface area contributed by atoms with Crippen molar-refractivity contribution in [3.05, 3.63) is 34.3 Å². The molecule has 15 heavy (non-hydrogen) atoms. The molecule has 0 amide bonds. The third-order valence-electron chi connectivity index (χ3n) is 2.24. The van der Waals surface area contributed by atoms with Crippen molar-refractivity contribution in [2.24, 2.45) is 0 Å². The molecule has 0 saturated carbocycles. The lowest BCUT2D eigenvalue weighted by molar-refractivity contribution is 0.0924. The van der Waals surface area contributed by atoms with E-state index in [4.69, 9.17) is 5.11 Å². The molecule has 0 saturated heterocycles. The fourth-order valence-corrected chi connectivity index (χ4v) is 1.51. The number of aliphatic hydroxyl groups is 2. The lowest BCUT2D eigenvalue weighted by Gasteiger charge is -2.16. The summed E-state index contributed by atoms with van der Waals surface area (Å²) in [5.41, 5.74) is 1.16. The first kappa shape index (κ1) is 12.6. The number of hydrogen-bond acceptors (Lipinski definition) is 3. The number of hydrogen-bond donors (Lipinski definition) is 3. The van der Waals surface area contributed by atoms with Gasteiger partial charge in [0.15, 0.2) is 0 Å². The van der Waals surface area contributed by atoms with Crippen LogP contribution >= 0.6 is 15.9 Å². The Bertz CT molecular complexity index is 289. The molecule has 84 valence electrons. The van der Waals surface area contributed by atoms with Crippen molar-refractivity contribution in [2.75, 3.05) is 13.2 Å². The number of rotatable bonds is 5. The molecule has 0 fully saturated rings. The molecule has 3 N–H and O–H groups in total. The van der Waals surface area contributed by atoms with Gasteiger partial charge >= 0.3 is 0 Å². The molecule has 0 aliphatic carbocycles. The average Bonchev–Trinajstić information content (AvgIpc) is 2.26. The standard InChI is InChI=1S/C11H16BrNO2/c1-8(13-6-11(15)7-14)9-2-4-10(12)5-3-9/h2-5,8,11,13-15H,6-7H2,1H3/t8-,11-/m0/s1. The zero-order valence-electron chi connectivity index (χ0n) is 8.65. The molecule has 1 aromatic rings. The quantitative estimate of drug-likeness (QED) is 0.761. The molecular formula is C11H16BrNO2. The number of benzene rings is 1. The van der Waals surface area contributed by atoms with Crippen LogP contribution in [0.4, 0.5) is 0 Å². The van der Waals surface area contributed by atoms with Gasteiger partial charge in [0.2, 0.25) is 0 Å². The molecule has 0 aliphatic heterocycles. The van der Waals surface area contributed by atoms with E-state index in [1.54, 1.807) is 0 Å². The monoisotopic (exact) mass is 273 g/mol. The summed E-state index contributed by atoms with van der Waals surface area (Å²) in [5.74, 6) is 0. The van der Waals surface area contributed by atoms with Crippen molar-refractivity contribution < 1.29 is 10.2 Å². The van der Waals surface area contributed by atoms with Gasteiger partial charge in [-0.25, -0.2) is 0 Å². The third-order valence-corrected chi connectivity index (χ3v) is 2.77. The Balaban J connectivity index is 2.46. The molecule has 1 aromatic carbocycles. The van der Waals surface area contributed by atoms with Gasteiger partial charge in [0.25, 0.3) is 0 Å². The molecule has 0 radical (unpaired) electrons. The van der Waals surface area contributed by atoms with Crippen molar-refractivity contribution in [1.82, 2.24) is 5.32 Å². The summed E-state index contributed by atoms with van der Waals surface area (Å²) in [6.45, 7) is 2.21. The molecule has 0 aromatic heterocycles. The second-order valence-corrected chi connectivity index (χ2v) is 4.43. The molecule has 0 unspecified atom stereocenters. The molecule has 1 rings (SSSR count). The van der Waals surface area contributed by atoms with E-state index in [2.05, 4.69) is 21.2 Å². The summed E-state index contributed by atoms with van der Waals surface area (Å²) in [6.07, 6.45) is -0.692. The van der Waals surface area contributed by atoms with Gasteiger partial charge in [0, 0.05) is 17.1 Å². The molecule has 0 heterocycles. The zero-order chi connectivity index (χ0) is 11.3. The van der Waals surface area contributed by atoms with E-state index in [0.29, 0.717) is 6.54 Å². The van der Waals surface area contributed by atoms with Gasteiger partial charge in [-0.1, -0.05) is 28.1 Å². The number of aliphatic hydroxyl groups excluding tert-OH is 2. The molecule has 0 aliphatic rings.